The van der Waals surface area contributed by atoms with Crippen LogP contribution in [0.1, 0.15) is 21.5 Å². The van der Waals surface area contributed by atoms with Crippen LogP contribution in [0.2, 0.25) is 0 Å². The molecule has 0 saturated carbocycles. The van der Waals surface area contributed by atoms with Crippen molar-refractivity contribution in [2.24, 2.45) is 0 Å². The zero-order valence-corrected chi connectivity index (χ0v) is 18.5. The van der Waals surface area contributed by atoms with Gasteiger partial charge in [0, 0.05) is 12.6 Å². The second-order valence-electron chi connectivity index (χ2n) is 7.06. The fourth-order valence-corrected chi connectivity index (χ4v) is 4.33. The number of anilines is 2. The third-order valence-electron chi connectivity index (χ3n) is 4.91. The van der Waals surface area contributed by atoms with Crippen LogP contribution in [-0.2, 0) is 10.0 Å². The maximum absolute atomic E-state index is 14.1. The van der Waals surface area contributed by atoms with E-state index in [1.807, 2.05) is 0 Å². The van der Waals surface area contributed by atoms with Crippen LogP contribution in [0.4, 0.5) is 15.8 Å². The number of aryl methyl sites for hydroxylation is 2. The smallest absolute Gasteiger partial charge is 0.264 e. The van der Waals surface area contributed by atoms with E-state index in [4.69, 9.17) is 4.74 Å². The molecule has 0 spiro atoms. The zero-order chi connectivity index (χ0) is 22.8. The molecule has 1 amide bonds. The summed E-state index contributed by atoms with van der Waals surface area (Å²) >= 11 is 0. The molecule has 31 heavy (non-hydrogen) atoms. The number of para-hydroxylation sites is 2. The summed E-state index contributed by atoms with van der Waals surface area (Å²) < 4.78 is 46.9. The minimum Gasteiger partial charge on any atom is -0.495 e. The Balaban J connectivity index is 1.96. The molecule has 3 rings (SSSR count). The molecule has 0 radical (unpaired) electrons. The Morgan fingerprint density at radius 2 is 1.74 bits per heavy atom. The van der Waals surface area contributed by atoms with Crippen molar-refractivity contribution in [3.63, 3.8) is 0 Å². The van der Waals surface area contributed by atoms with Gasteiger partial charge in [0.05, 0.1) is 23.4 Å². The number of sulfonamides is 1. The molecule has 0 fully saturated rings. The van der Waals surface area contributed by atoms with Crippen LogP contribution >= 0.6 is 0 Å². The number of rotatable bonds is 6. The van der Waals surface area contributed by atoms with E-state index in [0.717, 1.165) is 9.87 Å². The van der Waals surface area contributed by atoms with Gasteiger partial charge in [0.2, 0.25) is 0 Å². The van der Waals surface area contributed by atoms with Crippen LogP contribution in [-0.4, -0.2) is 28.5 Å². The number of benzene rings is 3. The Labute approximate surface area is 181 Å². The van der Waals surface area contributed by atoms with Gasteiger partial charge in [0.25, 0.3) is 15.9 Å². The molecule has 0 heterocycles. The molecule has 0 saturated heterocycles. The lowest BCUT2D eigenvalue weighted by molar-refractivity contribution is 0.102. The predicted molar refractivity (Wildman–Crippen MR) is 119 cm³/mol. The second-order valence-corrected chi connectivity index (χ2v) is 9.03. The number of nitrogens with zero attached hydrogens (tertiary/aromatic N) is 1. The molecule has 6 nitrogen and oxygen atoms in total. The van der Waals surface area contributed by atoms with E-state index in [0.29, 0.717) is 17.0 Å². The lowest BCUT2D eigenvalue weighted by atomic mass is 10.1. The van der Waals surface area contributed by atoms with Gasteiger partial charge in [-0.25, -0.2) is 12.8 Å². The number of carbonyl (C=O) groups is 1. The lowest BCUT2D eigenvalue weighted by Crippen LogP contribution is -2.27. The second kappa shape index (κ2) is 8.77. The molecule has 0 unspecified atom stereocenters. The summed E-state index contributed by atoms with van der Waals surface area (Å²) in [5.41, 5.74) is 1.80. The third kappa shape index (κ3) is 4.54. The van der Waals surface area contributed by atoms with Crippen LogP contribution in [0.15, 0.2) is 65.6 Å². The van der Waals surface area contributed by atoms with Crippen molar-refractivity contribution >= 4 is 27.3 Å². The molecular weight excluding hydrogens is 419 g/mol. The maximum Gasteiger partial charge on any atom is 0.264 e. The molecule has 0 aromatic heterocycles. The lowest BCUT2D eigenvalue weighted by Gasteiger charge is -2.22. The highest BCUT2D eigenvalue weighted by Gasteiger charge is 2.25. The Bertz CT molecular complexity index is 1240. The van der Waals surface area contributed by atoms with Gasteiger partial charge in [-0.15, -0.1) is 0 Å². The summed E-state index contributed by atoms with van der Waals surface area (Å²) in [7, 11) is -1.12. The summed E-state index contributed by atoms with van der Waals surface area (Å²) in [5, 5.41) is 2.51. The summed E-state index contributed by atoms with van der Waals surface area (Å²) in [6.45, 7) is 3.42. The molecule has 162 valence electrons. The highest BCUT2D eigenvalue weighted by Crippen LogP contribution is 2.31. The molecule has 3 aromatic carbocycles. The highest BCUT2D eigenvalue weighted by atomic mass is 32.2. The first-order valence-corrected chi connectivity index (χ1v) is 10.9. The van der Waals surface area contributed by atoms with Crippen molar-refractivity contribution < 1.29 is 22.3 Å². The predicted octanol–water partition coefficient (Wildman–Crippen LogP) is 4.53. The molecule has 0 aliphatic carbocycles. The van der Waals surface area contributed by atoms with E-state index >= 15 is 0 Å². The van der Waals surface area contributed by atoms with Crippen LogP contribution in [0.5, 0.6) is 5.75 Å². The number of halogens is 1. The summed E-state index contributed by atoms with van der Waals surface area (Å²) in [4.78, 5) is 12.7. The van der Waals surface area contributed by atoms with Crippen LogP contribution < -0.4 is 14.4 Å². The largest absolute Gasteiger partial charge is 0.495 e. The molecule has 1 N–H and O–H groups in total. The van der Waals surface area contributed by atoms with Gasteiger partial charge in [0.1, 0.15) is 11.6 Å². The topological polar surface area (TPSA) is 75.7 Å². The summed E-state index contributed by atoms with van der Waals surface area (Å²) in [6, 6.07) is 15.4. The normalized spacial score (nSPS) is 11.1. The minimum atomic E-state index is -3.98. The number of hydrogen-bond acceptors (Lipinski definition) is 4. The van der Waals surface area contributed by atoms with Gasteiger partial charge >= 0.3 is 0 Å². The van der Waals surface area contributed by atoms with Gasteiger partial charge < -0.3 is 10.1 Å². The van der Waals surface area contributed by atoms with E-state index in [-0.39, 0.29) is 16.1 Å². The fraction of sp³-hybridized carbons (Fsp3) is 0.174. The third-order valence-corrected chi connectivity index (χ3v) is 6.68. The van der Waals surface area contributed by atoms with Crippen molar-refractivity contribution in [3.05, 3.63) is 83.2 Å². The zero-order valence-electron chi connectivity index (χ0n) is 17.6. The number of methoxy groups -OCH3 is 1. The molecule has 3 aromatic rings. The SMILES string of the molecule is COc1ccccc1N(C)S(=O)(=O)c1ccc(C)c(C(=O)Nc2ccc(C)cc2F)c1. The van der Waals surface area contributed by atoms with Crippen molar-refractivity contribution in [1.29, 1.82) is 0 Å². The van der Waals surface area contributed by atoms with E-state index in [1.54, 1.807) is 50.2 Å². The Hall–Kier alpha value is -3.39. The van der Waals surface area contributed by atoms with Gasteiger partial charge in [-0.3, -0.25) is 9.10 Å². The number of amides is 1. The number of ether oxygens (including phenoxy) is 1. The number of carbonyl (C=O) groups excluding carboxylic acids is 1. The average Bonchev–Trinajstić information content (AvgIpc) is 2.75. The molecule has 0 aliphatic rings. The summed E-state index contributed by atoms with van der Waals surface area (Å²) in [5.74, 6) is -0.767. The van der Waals surface area contributed by atoms with Crippen molar-refractivity contribution in [3.8, 4) is 5.75 Å². The van der Waals surface area contributed by atoms with E-state index in [9.17, 15) is 17.6 Å². The first kappa shape index (κ1) is 22.3. The van der Waals surface area contributed by atoms with Gasteiger partial charge in [-0.05, 0) is 61.4 Å². The van der Waals surface area contributed by atoms with Crippen LogP contribution in [0.3, 0.4) is 0 Å². The maximum atomic E-state index is 14.1. The quantitative estimate of drug-likeness (QED) is 0.609. The van der Waals surface area contributed by atoms with E-state index in [2.05, 4.69) is 5.32 Å². The molecular formula is C23H23FN2O4S. The molecule has 8 heteroatoms. The van der Waals surface area contributed by atoms with Gasteiger partial charge in [-0.1, -0.05) is 24.3 Å². The first-order chi connectivity index (χ1) is 14.6. The molecule has 0 aliphatic heterocycles. The van der Waals surface area contributed by atoms with Crippen molar-refractivity contribution in [1.82, 2.24) is 0 Å². The average molecular weight is 443 g/mol. The minimum absolute atomic E-state index is 0.0226. The van der Waals surface area contributed by atoms with Crippen LogP contribution in [0.25, 0.3) is 0 Å². The molecule has 0 atom stereocenters. The van der Waals surface area contributed by atoms with E-state index in [1.165, 1.54) is 38.4 Å². The Morgan fingerprint density at radius 1 is 1.03 bits per heavy atom. The first-order valence-electron chi connectivity index (χ1n) is 9.45. The van der Waals surface area contributed by atoms with Gasteiger partial charge in [-0.2, -0.15) is 0 Å². The van der Waals surface area contributed by atoms with Crippen LogP contribution in [0, 0.1) is 19.7 Å². The monoisotopic (exact) mass is 442 g/mol. The number of hydrogen-bond donors (Lipinski definition) is 1. The van der Waals surface area contributed by atoms with Crippen molar-refractivity contribution in [2.45, 2.75) is 18.7 Å². The molecule has 0 bridgehead atoms. The standard InChI is InChI=1S/C23H23FN2O4S/c1-15-9-12-20(19(24)13-15)25-23(27)18-14-17(11-10-16(18)2)31(28,29)26(3)21-7-5-6-8-22(21)30-4/h5-14H,1-4H3,(H,25,27). The Morgan fingerprint density at radius 3 is 2.42 bits per heavy atom. The van der Waals surface area contributed by atoms with Crippen molar-refractivity contribution in [2.75, 3.05) is 23.8 Å². The highest BCUT2D eigenvalue weighted by molar-refractivity contribution is 7.92. The summed E-state index contributed by atoms with van der Waals surface area (Å²) in [6.07, 6.45) is 0. The fourth-order valence-electron chi connectivity index (χ4n) is 3.09. The van der Waals surface area contributed by atoms with E-state index < -0.39 is 21.7 Å². The Kier molecular flexibility index (Phi) is 6.31. The number of nitrogens with one attached hydrogen (secondary N) is 1. The van der Waals surface area contributed by atoms with Gasteiger partial charge in [0.15, 0.2) is 0 Å².